The zero-order chi connectivity index (χ0) is 5.98. The molecule has 0 radical (unpaired) electrons. The van der Waals surface area contributed by atoms with Crippen molar-refractivity contribution in [3.05, 3.63) is 11.6 Å². The molecule has 0 aromatic rings. The molecule has 0 saturated heterocycles. The average Bonchev–Trinajstić information content (AvgIpc) is 2.14. The Kier molecular flexibility index (Phi) is 2.12. The Morgan fingerprint density at radius 1 is 1.75 bits per heavy atom. The molecular formula is C7H11Br. The molecule has 1 atom stereocenters. The molecule has 1 aliphatic rings. The van der Waals surface area contributed by atoms with E-state index < -0.39 is 0 Å². The van der Waals surface area contributed by atoms with Crippen LogP contribution >= 0.6 is 15.9 Å². The van der Waals surface area contributed by atoms with Crippen LogP contribution in [0.25, 0.3) is 0 Å². The first-order valence-electron chi connectivity index (χ1n) is 3.13. The quantitative estimate of drug-likeness (QED) is 0.392. The molecule has 0 spiro atoms. The Morgan fingerprint density at radius 3 is 2.75 bits per heavy atom. The lowest BCUT2D eigenvalue weighted by atomic mass is 10.2. The van der Waals surface area contributed by atoms with Crippen LogP contribution in [0.3, 0.4) is 0 Å². The van der Waals surface area contributed by atoms with Gasteiger partial charge in [0.25, 0.3) is 0 Å². The molecule has 1 saturated carbocycles. The first-order valence-corrected chi connectivity index (χ1v) is 4.05. The van der Waals surface area contributed by atoms with E-state index in [1.807, 2.05) is 0 Å². The zero-order valence-electron chi connectivity index (χ0n) is 5.15. The highest BCUT2D eigenvalue weighted by atomic mass is 79.9. The van der Waals surface area contributed by atoms with Gasteiger partial charge in [0, 0.05) is 4.83 Å². The van der Waals surface area contributed by atoms with Gasteiger partial charge in [-0.25, -0.2) is 0 Å². The van der Waals surface area contributed by atoms with E-state index in [0.717, 1.165) is 0 Å². The van der Waals surface area contributed by atoms with Gasteiger partial charge in [0.05, 0.1) is 0 Å². The van der Waals surface area contributed by atoms with E-state index in [9.17, 15) is 0 Å². The summed E-state index contributed by atoms with van der Waals surface area (Å²) >= 11 is 3.60. The van der Waals surface area contributed by atoms with Crippen molar-refractivity contribution in [3.63, 3.8) is 0 Å². The molecule has 0 aromatic heterocycles. The number of alkyl halides is 1. The SMILES string of the molecule is CC=C1CCCC1Br. The van der Waals surface area contributed by atoms with Gasteiger partial charge in [-0.3, -0.25) is 0 Å². The fraction of sp³-hybridized carbons (Fsp3) is 0.714. The van der Waals surface area contributed by atoms with Crippen molar-refractivity contribution in [1.29, 1.82) is 0 Å². The number of allylic oxidation sites excluding steroid dienone is 2. The lowest BCUT2D eigenvalue weighted by Crippen LogP contribution is -1.89. The Hall–Kier alpha value is 0.220. The summed E-state index contributed by atoms with van der Waals surface area (Å²) in [5, 5.41) is 0. The molecule has 0 heterocycles. The smallest absolute Gasteiger partial charge is 0.0354 e. The molecule has 0 nitrogen and oxygen atoms in total. The highest BCUT2D eigenvalue weighted by Crippen LogP contribution is 2.30. The Bertz CT molecular complexity index is 105. The molecule has 1 fully saturated rings. The van der Waals surface area contributed by atoms with Gasteiger partial charge in [-0.05, 0) is 26.2 Å². The Balaban J connectivity index is 2.55. The fourth-order valence-corrected chi connectivity index (χ4v) is 1.97. The first-order chi connectivity index (χ1) is 3.84. The second-order valence-corrected chi connectivity index (χ2v) is 3.33. The summed E-state index contributed by atoms with van der Waals surface area (Å²) in [6.07, 6.45) is 6.24. The summed E-state index contributed by atoms with van der Waals surface area (Å²) in [6.45, 7) is 2.12. The topological polar surface area (TPSA) is 0 Å². The number of hydrogen-bond donors (Lipinski definition) is 0. The molecule has 0 amide bonds. The van der Waals surface area contributed by atoms with Crippen molar-refractivity contribution in [1.82, 2.24) is 0 Å². The van der Waals surface area contributed by atoms with E-state index in [0.29, 0.717) is 4.83 Å². The highest BCUT2D eigenvalue weighted by molar-refractivity contribution is 9.09. The van der Waals surface area contributed by atoms with Crippen LogP contribution in [-0.2, 0) is 0 Å². The Labute approximate surface area is 59.1 Å². The van der Waals surface area contributed by atoms with Gasteiger partial charge in [-0.15, -0.1) is 0 Å². The highest BCUT2D eigenvalue weighted by Gasteiger charge is 2.15. The maximum atomic E-state index is 3.60. The van der Waals surface area contributed by atoms with Crippen molar-refractivity contribution in [2.75, 3.05) is 0 Å². The van der Waals surface area contributed by atoms with Gasteiger partial charge in [0.1, 0.15) is 0 Å². The summed E-state index contributed by atoms with van der Waals surface area (Å²) in [5.41, 5.74) is 1.59. The first kappa shape index (κ1) is 6.34. The van der Waals surface area contributed by atoms with Gasteiger partial charge in [0.2, 0.25) is 0 Å². The van der Waals surface area contributed by atoms with Gasteiger partial charge < -0.3 is 0 Å². The van der Waals surface area contributed by atoms with E-state index in [1.165, 1.54) is 19.3 Å². The molecule has 0 aromatic carbocycles. The maximum Gasteiger partial charge on any atom is 0.0354 e. The molecule has 0 bridgehead atoms. The van der Waals surface area contributed by atoms with Crippen LogP contribution in [0.1, 0.15) is 26.2 Å². The van der Waals surface area contributed by atoms with Crippen LogP contribution in [0.15, 0.2) is 11.6 Å². The van der Waals surface area contributed by atoms with Crippen molar-refractivity contribution < 1.29 is 0 Å². The number of rotatable bonds is 0. The second kappa shape index (κ2) is 2.67. The largest absolute Gasteiger partial charge is 0.0873 e. The second-order valence-electron chi connectivity index (χ2n) is 2.22. The van der Waals surface area contributed by atoms with Crippen molar-refractivity contribution in [3.8, 4) is 0 Å². The molecule has 8 heavy (non-hydrogen) atoms. The lowest BCUT2D eigenvalue weighted by molar-refractivity contribution is 0.898. The molecule has 0 N–H and O–H groups in total. The van der Waals surface area contributed by atoms with E-state index in [2.05, 4.69) is 28.9 Å². The van der Waals surface area contributed by atoms with Crippen LogP contribution in [0.2, 0.25) is 0 Å². The third-order valence-electron chi connectivity index (χ3n) is 1.70. The molecule has 1 heteroatoms. The van der Waals surface area contributed by atoms with Crippen LogP contribution in [0.5, 0.6) is 0 Å². The maximum absolute atomic E-state index is 3.60. The third kappa shape index (κ3) is 1.13. The summed E-state index contributed by atoms with van der Waals surface area (Å²) in [7, 11) is 0. The predicted molar refractivity (Wildman–Crippen MR) is 40.3 cm³/mol. The molecule has 1 rings (SSSR count). The Morgan fingerprint density at radius 2 is 2.50 bits per heavy atom. The number of halogens is 1. The predicted octanol–water partition coefficient (Wildman–Crippen LogP) is 2.88. The molecule has 0 aliphatic heterocycles. The van der Waals surface area contributed by atoms with Crippen LogP contribution in [-0.4, -0.2) is 4.83 Å². The lowest BCUT2D eigenvalue weighted by Gasteiger charge is -1.97. The minimum atomic E-state index is 0.701. The fourth-order valence-electron chi connectivity index (χ4n) is 1.15. The summed E-state index contributed by atoms with van der Waals surface area (Å²) in [4.78, 5) is 0.701. The molecule has 46 valence electrons. The third-order valence-corrected chi connectivity index (χ3v) is 2.74. The van der Waals surface area contributed by atoms with Crippen molar-refractivity contribution >= 4 is 15.9 Å². The van der Waals surface area contributed by atoms with Gasteiger partial charge in [-0.1, -0.05) is 27.6 Å². The van der Waals surface area contributed by atoms with Crippen LogP contribution in [0, 0.1) is 0 Å². The van der Waals surface area contributed by atoms with Gasteiger partial charge >= 0.3 is 0 Å². The van der Waals surface area contributed by atoms with Crippen LogP contribution < -0.4 is 0 Å². The van der Waals surface area contributed by atoms with Crippen molar-refractivity contribution in [2.24, 2.45) is 0 Å². The molecular weight excluding hydrogens is 164 g/mol. The van der Waals surface area contributed by atoms with Gasteiger partial charge in [-0.2, -0.15) is 0 Å². The van der Waals surface area contributed by atoms with Crippen LogP contribution in [0.4, 0.5) is 0 Å². The monoisotopic (exact) mass is 174 g/mol. The number of hydrogen-bond acceptors (Lipinski definition) is 0. The summed E-state index contributed by atoms with van der Waals surface area (Å²) < 4.78 is 0. The minimum Gasteiger partial charge on any atom is -0.0873 e. The normalized spacial score (nSPS) is 34.2. The van der Waals surface area contributed by atoms with Gasteiger partial charge in [0.15, 0.2) is 0 Å². The van der Waals surface area contributed by atoms with E-state index in [1.54, 1.807) is 5.57 Å². The summed E-state index contributed by atoms with van der Waals surface area (Å²) in [5.74, 6) is 0. The summed E-state index contributed by atoms with van der Waals surface area (Å²) in [6, 6.07) is 0. The molecule has 1 unspecified atom stereocenters. The average molecular weight is 175 g/mol. The van der Waals surface area contributed by atoms with E-state index >= 15 is 0 Å². The minimum absolute atomic E-state index is 0.701. The molecule has 1 aliphatic carbocycles. The zero-order valence-corrected chi connectivity index (χ0v) is 6.74. The van der Waals surface area contributed by atoms with Crippen molar-refractivity contribution in [2.45, 2.75) is 31.0 Å². The standard InChI is InChI=1S/C7H11Br/c1-2-6-4-3-5-7(6)8/h2,7H,3-5H2,1H3. The van der Waals surface area contributed by atoms with E-state index in [-0.39, 0.29) is 0 Å². The van der Waals surface area contributed by atoms with E-state index in [4.69, 9.17) is 0 Å².